The maximum Gasteiger partial charge on any atom is 0.259 e. The van der Waals surface area contributed by atoms with E-state index < -0.39 is 33.4 Å². The van der Waals surface area contributed by atoms with Crippen molar-refractivity contribution in [3.8, 4) is 51.7 Å². The van der Waals surface area contributed by atoms with Crippen LogP contribution in [-0.2, 0) is 0 Å². The van der Waals surface area contributed by atoms with Crippen molar-refractivity contribution in [2.24, 2.45) is 29.6 Å². The van der Waals surface area contributed by atoms with Gasteiger partial charge in [0.2, 0.25) is 0 Å². The van der Waals surface area contributed by atoms with E-state index in [2.05, 4.69) is 29.9 Å². The molecule has 0 amide bonds. The molecule has 1 heterocycles. The van der Waals surface area contributed by atoms with Crippen molar-refractivity contribution >= 4 is 65.4 Å². The minimum atomic E-state index is -0.736. The highest BCUT2D eigenvalue weighted by molar-refractivity contribution is 5.82. The van der Waals surface area contributed by atoms with Crippen LogP contribution in [0.25, 0.3) is 65.4 Å². The number of ether oxygens (including phenoxy) is 9. The molecule has 6 N–H and O–H groups in total. The lowest BCUT2D eigenvalue weighted by Crippen LogP contribution is -2.12. The third-order valence-electron chi connectivity index (χ3n) is 14.8. The van der Waals surface area contributed by atoms with Crippen LogP contribution < -0.4 is 76.0 Å². The van der Waals surface area contributed by atoms with Crippen LogP contribution in [0.2, 0.25) is 0 Å². The van der Waals surface area contributed by atoms with Gasteiger partial charge in [-0.2, -0.15) is 0 Å². The molecule has 492 valence electrons. The number of rotatable bonds is 24. The minimum Gasteiger partial charge on any atom is -0.494 e. The van der Waals surface area contributed by atoms with Gasteiger partial charge in [0, 0.05) is 40.0 Å². The number of aromatic amines is 6. The van der Waals surface area contributed by atoms with E-state index in [-0.39, 0.29) is 180 Å². The van der Waals surface area contributed by atoms with E-state index >= 15 is 9.59 Å². The van der Waals surface area contributed by atoms with Gasteiger partial charge in [0.25, 0.3) is 33.4 Å². The Labute approximate surface area is 533 Å². The standard InChI is InChI=1S/C71H88N6O15/c1-40(2)19-24-88-49-30-45-29-46(31-49)67(79)73-48-16-18-59(90-26-21-42(5)6)51(33-48)69(81)75-55-36-57(65(87-14)39-63(55)85-12)77-71(83)53-34-52(60(91-27-22-43(7)8)37-61(53)92-28-23-44(9)10)70(82)76-56-35-54(62(84-11)38-64(56)86-13)74-68(80)50-32-47(72-66(45)78)15-17-58(50)89-25-20-41(3)4/h15-18,29-44H,19-28H2,1-14H3,(H,72,78)(H,73,79)(H,74,80)(H,75,81)(H,76,82)(H,77,83). The Morgan fingerprint density at radius 1 is 0.283 bits per heavy atom. The number of hydrogen-bond donors (Lipinski definition) is 6. The monoisotopic (exact) mass is 1260 g/mol. The molecule has 92 heavy (non-hydrogen) atoms. The predicted octanol–water partition coefficient (Wildman–Crippen LogP) is 13.0. The van der Waals surface area contributed by atoms with Crippen LogP contribution in [0.1, 0.15) is 101 Å². The van der Waals surface area contributed by atoms with E-state index in [9.17, 15) is 19.2 Å². The molecule has 1 aromatic heterocycles. The Hall–Kier alpha value is -9.66. The molecule has 0 fully saturated rings. The van der Waals surface area contributed by atoms with Crippen molar-refractivity contribution in [1.82, 2.24) is 29.9 Å². The SMILES string of the molecule is COc1cc(OC)c2cc1[nH]c(=O)c1cc(ccc1OCCC(C)C)[nH]c(=O)c1cc(OCCC(C)C)cc(c1)c(=O)[nH]c1ccc(OCCC(C)C)c(c1)c(=O)[nH]c1cc([nH]c(=O)c3cc(c(OCCC(C)C)cc3OCCC(C)C)c(=O)[nH]2)c(OC)cc1OC. The summed E-state index contributed by atoms with van der Waals surface area (Å²) in [6.07, 6.45) is 3.25. The van der Waals surface area contributed by atoms with Gasteiger partial charge in [0.1, 0.15) is 51.7 Å². The summed E-state index contributed by atoms with van der Waals surface area (Å²) in [5, 5.41) is 0.0120. The van der Waals surface area contributed by atoms with Crippen molar-refractivity contribution in [3.05, 3.63) is 153 Å². The molecule has 0 unspecified atom stereocenters. The summed E-state index contributed by atoms with van der Waals surface area (Å²) in [5.41, 5.74) is -3.35. The molecule has 0 saturated heterocycles. The second kappa shape index (κ2) is 32.9. The van der Waals surface area contributed by atoms with Gasteiger partial charge in [-0.25, -0.2) is 0 Å². The van der Waals surface area contributed by atoms with Gasteiger partial charge in [-0.3, -0.25) is 28.8 Å². The fourth-order valence-electron chi connectivity index (χ4n) is 9.31. The van der Waals surface area contributed by atoms with Gasteiger partial charge in [0.05, 0.1) is 105 Å². The van der Waals surface area contributed by atoms with Crippen molar-refractivity contribution in [2.75, 3.05) is 61.5 Å². The topological polar surface area (TPSA) is 280 Å². The van der Waals surface area contributed by atoms with Crippen LogP contribution >= 0.6 is 0 Å². The van der Waals surface area contributed by atoms with Crippen LogP contribution in [-0.4, -0.2) is 91.4 Å². The molecule has 21 heteroatoms. The maximum absolute atomic E-state index is 15.1. The number of H-pyrrole nitrogens is 6. The van der Waals surface area contributed by atoms with Gasteiger partial charge < -0.3 is 72.5 Å². The zero-order valence-corrected chi connectivity index (χ0v) is 55.2. The molecule has 0 saturated carbocycles. The first kappa shape index (κ1) is 69.8. The normalized spacial score (nSPS) is 11.2. The Bertz CT molecular complexity index is 4230. The molecule has 21 nitrogen and oxygen atoms in total. The molecule has 0 spiro atoms. The summed E-state index contributed by atoms with van der Waals surface area (Å²) in [6.45, 7) is 21.6. The highest BCUT2D eigenvalue weighted by atomic mass is 16.5. The number of aromatic nitrogens is 6. The fourth-order valence-corrected chi connectivity index (χ4v) is 9.31. The number of methoxy groups -OCH3 is 4. The molecule has 7 aromatic rings. The van der Waals surface area contributed by atoms with E-state index in [0.29, 0.717) is 32.1 Å². The molecule has 12 bridgehead atoms. The average Bonchev–Trinajstić information content (AvgIpc) is 0.814. The van der Waals surface area contributed by atoms with Crippen LogP contribution in [0.5, 0.6) is 51.7 Å². The van der Waals surface area contributed by atoms with Crippen LogP contribution in [0, 0.1) is 29.6 Å². The highest BCUT2D eigenvalue weighted by Crippen LogP contribution is 2.32. The molecule has 0 atom stereocenters. The quantitative estimate of drug-likeness (QED) is 0.0328. The first-order valence-electron chi connectivity index (χ1n) is 31.1. The number of benzene rings is 6. The van der Waals surface area contributed by atoms with Crippen LogP contribution in [0.3, 0.4) is 0 Å². The fraction of sp³-hybridized carbons (Fsp3) is 0.408. The van der Waals surface area contributed by atoms with Gasteiger partial charge in [0.15, 0.2) is 0 Å². The molecular formula is C71H88N6O15. The highest BCUT2D eigenvalue weighted by Gasteiger charge is 2.16. The van der Waals surface area contributed by atoms with Crippen molar-refractivity contribution in [1.29, 1.82) is 0 Å². The third kappa shape index (κ3) is 19.2. The molecule has 7 rings (SSSR count). The van der Waals surface area contributed by atoms with Crippen molar-refractivity contribution in [3.63, 3.8) is 0 Å². The van der Waals surface area contributed by atoms with Gasteiger partial charge in [-0.1, -0.05) is 69.2 Å². The minimum absolute atomic E-state index is 0.0260. The average molecular weight is 1270 g/mol. The van der Waals surface area contributed by atoms with Crippen LogP contribution in [0.15, 0.2) is 120 Å². The van der Waals surface area contributed by atoms with Gasteiger partial charge in [-0.15, -0.1) is 0 Å². The third-order valence-corrected chi connectivity index (χ3v) is 14.8. The van der Waals surface area contributed by atoms with E-state index in [1.807, 2.05) is 69.2 Å². The summed E-state index contributed by atoms with van der Waals surface area (Å²) in [5.74, 6) is 2.74. The maximum atomic E-state index is 15.1. The molecule has 6 aromatic carbocycles. The van der Waals surface area contributed by atoms with Crippen molar-refractivity contribution < 1.29 is 42.6 Å². The smallest absolute Gasteiger partial charge is 0.259 e. The van der Waals surface area contributed by atoms with Crippen LogP contribution in [0.4, 0.5) is 0 Å². The molecule has 0 aliphatic carbocycles. The summed E-state index contributed by atoms with van der Waals surface area (Å²) in [6, 6.07) is 22.5. The summed E-state index contributed by atoms with van der Waals surface area (Å²) >= 11 is 0. The Balaban J connectivity index is 1.73. The first-order chi connectivity index (χ1) is 44.0. The van der Waals surface area contributed by atoms with E-state index in [1.54, 1.807) is 24.3 Å². The van der Waals surface area contributed by atoms with E-state index in [4.69, 9.17) is 42.6 Å². The molecule has 0 aliphatic heterocycles. The lowest BCUT2D eigenvalue weighted by atomic mass is 10.1. The second-order valence-electron chi connectivity index (χ2n) is 24.4. The number of fused-ring (bicyclic) bond motifs is 12. The predicted molar refractivity (Wildman–Crippen MR) is 365 cm³/mol. The lowest BCUT2D eigenvalue weighted by Gasteiger charge is -2.13. The van der Waals surface area contributed by atoms with Gasteiger partial charge >= 0.3 is 0 Å². The first-order valence-corrected chi connectivity index (χ1v) is 31.1. The molecule has 0 radical (unpaired) electrons. The Kier molecular flexibility index (Phi) is 25.0. The van der Waals surface area contributed by atoms with E-state index in [1.165, 1.54) is 95.2 Å². The summed E-state index contributed by atoms with van der Waals surface area (Å²) in [4.78, 5) is 106. The molecular weight excluding hydrogens is 1180 g/mol. The summed E-state index contributed by atoms with van der Waals surface area (Å²) < 4.78 is 54.5. The molecule has 0 aliphatic rings. The Morgan fingerprint density at radius 2 is 0.565 bits per heavy atom. The second-order valence-corrected chi connectivity index (χ2v) is 24.4. The zero-order chi connectivity index (χ0) is 66.8. The van der Waals surface area contributed by atoms with E-state index in [0.717, 1.165) is 0 Å². The number of nitrogens with one attached hydrogen (secondary N) is 6. The Morgan fingerprint density at radius 3 is 0.870 bits per heavy atom. The zero-order valence-electron chi connectivity index (χ0n) is 55.2. The summed E-state index contributed by atoms with van der Waals surface area (Å²) in [7, 11) is 5.61. The van der Waals surface area contributed by atoms with Crippen molar-refractivity contribution in [2.45, 2.75) is 101 Å². The largest absolute Gasteiger partial charge is 0.494 e. The van der Waals surface area contributed by atoms with Gasteiger partial charge in [-0.05, 0) is 134 Å². The number of hydrogen-bond acceptors (Lipinski definition) is 15. The lowest BCUT2D eigenvalue weighted by molar-refractivity contribution is 0.279.